The topological polar surface area (TPSA) is 3.24 Å². The molecular weight excluding hydrogens is 86.1 g/mol. The van der Waals surface area contributed by atoms with Crippen molar-refractivity contribution in [1.82, 2.24) is 4.90 Å². The average molecular weight is 96.2 g/mol. The Labute approximate surface area is 44.3 Å². The van der Waals surface area contributed by atoms with Crippen molar-refractivity contribution in [1.29, 1.82) is 0 Å². The molecule has 0 aromatic heterocycles. The van der Waals surface area contributed by atoms with Gasteiger partial charge in [-0.25, -0.2) is 0 Å². The highest BCUT2D eigenvalue weighted by molar-refractivity contribution is 4.90. The van der Waals surface area contributed by atoms with Crippen LogP contribution in [0.5, 0.6) is 0 Å². The summed E-state index contributed by atoms with van der Waals surface area (Å²) >= 11 is 0. The molecule has 2 atom stereocenters. The minimum Gasteiger partial charge on any atom is -0.299 e. The minimum atomic E-state index is 1.04. The van der Waals surface area contributed by atoms with Crippen LogP contribution in [0.2, 0.25) is 0 Å². The van der Waals surface area contributed by atoms with Gasteiger partial charge in [0.25, 0.3) is 0 Å². The van der Waals surface area contributed by atoms with Crippen LogP contribution >= 0.6 is 0 Å². The fraction of sp³-hybridized carbons (Fsp3) is 0.833. The molecule has 0 spiro atoms. The standard InChI is InChI=1S/C6H10N/c1-3-7-4-2-6(1)5-7/h3,6H,1-2,4-5H2. The molecule has 2 saturated heterocycles. The summed E-state index contributed by atoms with van der Waals surface area (Å²) in [6.45, 7) is 5.04. The Morgan fingerprint density at radius 2 is 2.57 bits per heavy atom. The predicted molar refractivity (Wildman–Crippen MR) is 28.6 cm³/mol. The highest BCUT2D eigenvalue weighted by atomic mass is 15.2. The average Bonchev–Trinajstić information content (AvgIpc) is 2.22. The van der Waals surface area contributed by atoms with Crippen molar-refractivity contribution in [2.45, 2.75) is 12.8 Å². The second-order valence-corrected chi connectivity index (χ2v) is 2.57. The number of fused-ring (bicyclic) bond motifs is 2. The molecule has 2 fully saturated rings. The van der Waals surface area contributed by atoms with E-state index in [4.69, 9.17) is 0 Å². The normalized spacial score (nSPS) is 48.0. The summed E-state index contributed by atoms with van der Waals surface area (Å²) in [6, 6.07) is 0. The first-order chi connectivity index (χ1) is 3.45. The van der Waals surface area contributed by atoms with Crippen molar-refractivity contribution in [3.05, 3.63) is 6.54 Å². The molecule has 2 rings (SSSR count). The summed E-state index contributed by atoms with van der Waals surface area (Å²) < 4.78 is 0. The zero-order valence-corrected chi connectivity index (χ0v) is 4.43. The van der Waals surface area contributed by atoms with Gasteiger partial charge >= 0.3 is 0 Å². The highest BCUT2D eigenvalue weighted by Crippen LogP contribution is 2.29. The molecule has 2 unspecified atom stereocenters. The quantitative estimate of drug-likeness (QED) is 0.432. The maximum Gasteiger partial charge on any atom is 0.0254 e. The van der Waals surface area contributed by atoms with E-state index in [0.717, 1.165) is 5.92 Å². The van der Waals surface area contributed by atoms with Crippen molar-refractivity contribution >= 4 is 0 Å². The molecule has 2 bridgehead atoms. The Balaban J connectivity index is 2.12. The molecule has 39 valence electrons. The van der Waals surface area contributed by atoms with E-state index in [9.17, 15) is 0 Å². The zero-order valence-electron chi connectivity index (χ0n) is 4.43. The molecule has 2 heterocycles. The fourth-order valence-electron chi connectivity index (χ4n) is 1.52. The van der Waals surface area contributed by atoms with Crippen LogP contribution in [0.3, 0.4) is 0 Å². The largest absolute Gasteiger partial charge is 0.299 e. The number of nitrogens with zero attached hydrogens (tertiary/aromatic N) is 1. The van der Waals surface area contributed by atoms with Crippen LogP contribution in [0.1, 0.15) is 12.8 Å². The molecule has 1 radical (unpaired) electrons. The lowest BCUT2D eigenvalue weighted by atomic mass is 10.1. The first-order valence-corrected chi connectivity index (χ1v) is 3.02. The summed E-state index contributed by atoms with van der Waals surface area (Å²) in [7, 11) is 0. The second-order valence-electron chi connectivity index (χ2n) is 2.57. The van der Waals surface area contributed by atoms with Gasteiger partial charge in [0, 0.05) is 13.1 Å². The van der Waals surface area contributed by atoms with Gasteiger partial charge < -0.3 is 0 Å². The Kier molecular flexibility index (Phi) is 0.680. The maximum absolute atomic E-state index is 2.44. The first kappa shape index (κ1) is 3.90. The first-order valence-electron chi connectivity index (χ1n) is 3.02. The predicted octanol–water partition coefficient (Wildman–Crippen LogP) is 0.874. The van der Waals surface area contributed by atoms with Crippen LogP contribution in [0.25, 0.3) is 0 Å². The van der Waals surface area contributed by atoms with Crippen LogP contribution in [0.15, 0.2) is 0 Å². The summed E-state index contributed by atoms with van der Waals surface area (Å²) in [5.74, 6) is 1.04. The summed E-state index contributed by atoms with van der Waals surface area (Å²) in [4.78, 5) is 2.44. The number of hydrogen-bond acceptors (Lipinski definition) is 1. The molecule has 7 heavy (non-hydrogen) atoms. The third kappa shape index (κ3) is 0.480. The van der Waals surface area contributed by atoms with E-state index in [1.54, 1.807) is 0 Å². The molecular formula is C6H10N. The van der Waals surface area contributed by atoms with Gasteiger partial charge in [-0.15, -0.1) is 0 Å². The molecule has 0 saturated carbocycles. The van der Waals surface area contributed by atoms with Crippen LogP contribution < -0.4 is 0 Å². The van der Waals surface area contributed by atoms with Gasteiger partial charge in [0.1, 0.15) is 0 Å². The van der Waals surface area contributed by atoms with Gasteiger partial charge in [-0.05, 0) is 25.3 Å². The molecule has 0 aliphatic carbocycles. The lowest BCUT2D eigenvalue weighted by Gasteiger charge is -2.08. The van der Waals surface area contributed by atoms with E-state index >= 15 is 0 Å². The molecule has 1 heteroatoms. The summed E-state index contributed by atoms with van der Waals surface area (Å²) in [6.07, 6.45) is 2.82. The van der Waals surface area contributed by atoms with E-state index in [1.165, 1.54) is 25.9 Å². The van der Waals surface area contributed by atoms with E-state index in [1.807, 2.05) is 0 Å². The third-order valence-corrected chi connectivity index (χ3v) is 2.01. The Morgan fingerprint density at radius 3 is 2.71 bits per heavy atom. The van der Waals surface area contributed by atoms with Crippen molar-refractivity contribution in [3.8, 4) is 0 Å². The van der Waals surface area contributed by atoms with E-state index in [2.05, 4.69) is 11.4 Å². The van der Waals surface area contributed by atoms with Gasteiger partial charge in [0.05, 0.1) is 0 Å². The molecule has 0 aromatic rings. The Hall–Kier alpha value is -0.0400. The Morgan fingerprint density at radius 1 is 1.57 bits per heavy atom. The van der Waals surface area contributed by atoms with Crippen LogP contribution in [0, 0.1) is 12.5 Å². The lowest BCUT2D eigenvalue weighted by Crippen LogP contribution is -2.11. The number of rotatable bonds is 0. The molecule has 1 nitrogen and oxygen atoms in total. The lowest BCUT2D eigenvalue weighted by molar-refractivity contribution is 0.432. The smallest absolute Gasteiger partial charge is 0.0254 e. The van der Waals surface area contributed by atoms with Crippen molar-refractivity contribution < 1.29 is 0 Å². The molecule has 0 N–H and O–H groups in total. The number of hydrogen-bond donors (Lipinski definition) is 0. The van der Waals surface area contributed by atoms with Crippen molar-refractivity contribution in [3.63, 3.8) is 0 Å². The van der Waals surface area contributed by atoms with Crippen molar-refractivity contribution in [2.24, 2.45) is 5.92 Å². The van der Waals surface area contributed by atoms with Crippen molar-refractivity contribution in [2.75, 3.05) is 13.1 Å². The Bertz CT molecular complexity index is 62.2. The van der Waals surface area contributed by atoms with Crippen LogP contribution in [-0.4, -0.2) is 18.0 Å². The third-order valence-electron chi connectivity index (χ3n) is 2.01. The SMILES string of the molecule is [CH]1CC2CCN1C2. The summed E-state index contributed by atoms with van der Waals surface area (Å²) in [5.41, 5.74) is 0. The second kappa shape index (κ2) is 1.22. The zero-order chi connectivity index (χ0) is 4.69. The highest BCUT2D eigenvalue weighted by Gasteiger charge is 2.28. The fourth-order valence-corrected chi connectivity index (χ4v) is 1.52. The maximum atomic E-state index is 2.44. The van der Waals surface area contributed by atoms with E-state index < -0.39 is 0 Å². The minimum absolute atomic E-state index is 1.04. The molecule has 0 aromatic carbocycles. The van der Waals surface area contributed by atoms with Gasteiger partial charge in [-0.3, -0.25) is 4.90 Å². The molecule has 2 aliphatic rings. The monoisotopic (exact) mass is 96.1 g/mol. The van der Waals surface area contributed by atoms with Crippen LogP contribution in [0.4, 0.5) is 0 Å². The summed E-state index contributed by atoms with van der Waals surface area (Å²) in [5, 5.41) is 0. The van der Waals surface area contributed by atoms with E-state index in [-0.39, 0.29) is 0 Å². The number of piperidine rings is 1. The van der Waals surface area contributed by atoms with Gasteiger partial charge in [0.2, 0.25) is 0 Å². The van der Waals surface area contributed by atoms with Gasteiger partial charge in [-0.1, -0.05) is 0 Å². The molecule has 0 amide bonds. The van der Waals surface area contributed by atoms with Crippen LogP contribution in [-0.2, 0) is 0 Å². The molecule has 2 aliphatic heterocycles. The van der Waals surface area contributed by atoms with Gasteiger partial charge in [-0.2, -0.15) is 0 Å². The van der Waals surface area contributed by atoms with Gasteiger partial charge in [0.15, 0.2) is 0 Å². The van der Waals surface area contributed by atoms with E-state index in [0.29, 0.717) is 0 Å².